The van der Waals surface area contributed by atoms with Gasteiger partial charge >= 0.3 is 0 Å². The van der Waals surface area contributed by atoms with E-state index in [1.54, 1.807) is 0 Å². The first kappa shape index (κ1) is 13.3. The fourth-order valence-electron chi connectivity index (χ4n) is 2.34. The van der Waals surface area contributed by atoms with Gasteiger partial charge in [0.15, 0.2) is 0 Å². The molecule has 2 aliphatic rings. The molecule has 0 unspecified atom stereocenters. The molecule has 1 aliphatic heterocycles. The summed E-state index contributed by atoms with van der Waals surface area (Å²) >= 11 is 0. The van der Waals surface area contributed by atoms with Crippen LogP contribution < -0.4 is 22.1 Å². The highest BCUT2D eigenvalue weighted by atomic mass is 16.2. The molecule has 1 saturated carbocycles. The molecule has 6 heteroatoms. The fourth-order valence-corrected chi connectivity index (χ4v) is 2.34. The van der Waals surface area contributed by atoms with Crippen molar-refractivity contribution in [2.24, 2.45) is 23.3 Å². The van der Waals surface area contributed by atoms with Crippen LogP contribution in [0, 0.1) is 11.8 Å². The van der Waals surface area contributed by atoms with Gasteiger partial charge in [0.1, 0.15) is 0 Å². The molecule has 102 valence electrons. The molecule has 6 nitrogen and oxygen atoms in total. The molecule has 0 aromatic carbocycles. The summed E-state index contributed by atoms with van der Waals surface area (Å²) in [5.74, 6) is 0.359. The van der Waals surface area contributed by atoms with Gasteiger partial charge < -0.3 is 22.1 Å². The lowest BCUT2D eigenvalue weighted by atomic mass is 10.0. The number of carbonyl (C=O) groups is 2. The number of amides is 2. The molecule has 2 fully saturated rings. The highest BCUT2D eigenvalue weighted by Gasteiger charge is 2.29. The lowest BCUT2D eigenvalue weighted by Gasteiger charge is -2.19. The van der Waals surface area contributed by atoms with Crippen LogP contribution in [-0.2, 0) is 9.59 Å². The van der Waals surface area contributed by atoms with Gasteiger partial charge in [0.2, 0.25) is 11.8 Å². The van der Waals surface area contributed by atoms with E-state index < -0.39 is 12.2 Å². The van der Waals surface area contributed by atoms with Gasteiger partial charge in [-0.15, -0.1) is 0 Å². The molecule has 1 aliphatic carbocycles. The Hall–Kier alpha value is -1.14. The normalized spacial score (nSPS) is 26.6. The third-order valence-electron chi connectivity index (χ3n) is 3.65. The van der Waals surface area contributed by atoms with E-state index in [2.05, 4.69) is 10.6 Å². The monoisotopic (exact) mass is 254 g/mol. The predicted molar refractivity (Wildman–Crippen MR) is 67.2 cm³/mol. The van der Waals surface area contributed by atoms with Crippen LogP contribution in [-0.4, -0.2) is 30.6 Å². The van der Waals surface area contributed by atoms with Crippen LogP contribution in [0.1, 0.15) is 32.1 Å². The number of rotatable bonds is 6. The maximum absolute atomic E-state index is 11.8. The quantitative estimate of drug-likeness (QED) is 0.458. The highest BCUT2D eigenvalue weighted by molar-refractivity contribution is 5.82. The van der Waals surface area contributed by atoms with E-state index in [-0.39, 0.29) is 17.7 Å². The van der Waals surface area contributed by atoms with Gasteiger partial charge in [-0.2, -0.15) is 0 Å². The van der Waals surface area contributed by atoms with E-state index in [4.69, 9.17) is 11.5 Å². The van der Waals surface area contributed by atoms with Crippen molar-refractivity contribution in [2.45, 2.75) is 44.3 Å². The second-order valence-corrected chi connectivity index (χ2v) is 5.41. The molecule has 0 radical (unpaired) electrons. The molecule has 18 heavy (non-hydrogen) atoms. The smallest absolute Gasteiger partial charge is 0.238 e. The van der Waals surface area contributed by atoms with E-state index in [9.17, 15) is 9.59 Å². The number of nitrogens with one attached hydrogen (secondary N) is 2. The van der Waals surface area contributed by atoms with Gasteiger partial charge in [0.05, 0.1) is 12.2 Å². The Labute approximate surface area is 107 Å². The predicted octanol–water partition coefficient (Wildman–Crippen LogP) is -0.959. The molecule has 3 atom stereocenters. The summed E-state index contributed by atoms with van der Waals surface area (Å²) in [5.41, 5.74) is 11.6. The summed E-state index contributed by atoms with van der Waals surface area (Å²) < 4.78 is 0. The van der Waals surface area contributed by atoms with Crippen LogP contribution in [0.5, 0.6) is 0 Å². The lowest BCUT2D eigenvalue weighted by molar-refractivity contribution is -0.125. The van der Waals surface area contributed by atoms with Crippen molar-refractivity contribution < 1.29 is 9.59 Å². The second kappa shape index (κ2) is 5.67. The summed E-state index contributed by atoms with van der Waals surface area (Å²) in [6.07, 6.45) is 3.87. The topological polar surface area (TPSA) is 110 Å². The summed E-state index contributed by atoms with van der Waals surface area (Å²) in [4.78, 5) is 23.1. The summed E-state index contributed by atoms with van der Waals surface area (Å²) in [7, 11) is 0. The second-order valence-electron chi connectivity index (χ2n) is 5.41. The Morgan fingerprint density at radius 1 is 1.33 bits per heavy atom. The van der Waals surface area contributed by atoms with Gasteiger partial charge in [-0.25, -0.2) is 0 Å². The number of hydrogen-bond donors (Lipinski definition) is 4. The van der Waals surface area contributed by atoms with Crippen LogP contribution in [0.4, 0.5) is 0 Å². The van der Waals surface area contributed by atoms with Gasteiger partial charge in [-0.05, 0) is 25.2 Å². The fraction of sp³-hybridized carbons (Fsp3) is 0.833. The van der Waals surface area contributed by atoms with Crippen LogP contribution >= 0.6 is 0 Å². The molecule has 6 N–H and O–H groups in total. The highest BCUT2D eigenvalue weighted by Crippen LogP contribution is 2.33. The van der Waals surface area contributed by atoms with Crippen molar-refractivity contribution in [3.8, 4) is 0 Å². The lowest BCUT2D eigenvalue weighted by Crippen LogP contribution is -2.50. The Morgan fingerprint density at radius 2 is 2.06 bits per heavy atom. The molecule has 0 bridgehead atoms. The van der Waals surface area contributed by atoms with Crippen LogP contribution in [0.15, 0.2) is 0 Å². The average molecular weight is 254 g/mol. The summed E-state index contributed by atoms with van der Waals surface area (Å²) in [5, 5.41) is 5.45. The average Bonchev–Trinajstić information content (AvgIpc) is 3.03. The SMILES string of the molecule is N[C@H](C[C@@H]1CCNC1=O)NC(=O)[C@@H](N)CC1CC1. The van der Waals surface area contributed by atoms with Crippen molar-refractivity contribution in [3.05, 3.63) is 0 Å². The van der Waals surface area contributed by atoms with E-state index in [0.717, 1.165) is 12.8 Å². The Kier molecular flexibility index (Phi) is 4.19. The third kappa shape index (κ3) is 3.68. The Morgan fingerprint density at radius 3 is 2.61 bits per heavy atom. The van der Waals surface area contributed by atoms with Crippen LogP contribution in [0.25, 0.3) is 0 Å². The first-order valence-electron chi connectivity index (χ1n) is 6.65. The zero-order valence-electron chi connectivity index (χ0n) is 10.5. The first-order valence-corrected chi connectivity index (χ1v) is 6.65. The summed E-state index contributed by atoms with van der Waals surface area (Å²) in [6, 6.07) is -0.471. The van der Waals surface area contributed by atoms with Crippen molar-refractivity contribution in [1.29, 1.82) is 0 Å². The van der Waals surface area contributed by atoms with Crippen molar-refractivity contribution in [1.82, 2.24) is 10.6 Å². The maximum Gasteiger partial charge on any atom is 0.238 e. The van der Waals surface area contributed by atoms with Gasteiger partial charge in [0, 0.05) is 12.5 Å². The summed E-state index contributed by atoms with van der Waals surface area (Å²) in [6.45, 7) is 0.700. The van der Waals surface area contributed by atoms with Gasteiger partial charge in [-0.1, -0.05) is 12.8 Å². The standard InChI is InChI=1S/C12H22N4O2/c13-9(5-7-1-2-7)12(18)16-10(14)6-8-3-4-15-11(8)17/h7-10H,1-6,13-14H2,(H,15,17)(H,16,18)/t8-,9-,10-/m0/s1. The molecule has 1 saturated heterocycles. The van der Waals surface area contributed by atoms with E-state index >= 15 is 0 Å². The largest absolute Gasteiger partial charge is 0.356 e. The molecule has 1 heterocycles. The number of hydrogen-bond acceptors (Lipinski definition) is 4. The van der Waals surface area contributed by atoms with E-state index in [0.29, 0.717) is 18.9 Å². The number of nitrogens with two attached hydrogens (primary N) is 2. The maximum atomic E-state index is 11.8. The van der Waals surface area contributed by atoms with Gasteiger partial charge in [0.25, 0.3) is 0 Å². The molecule has 0 aromatic rings. The molecule has 0 aromatic heterocycles. The molecular formula is C12H22N4O2. The van der Waals surface area contributed by atoms with Gasteiger partial charge in [-0.3, -0.25) is 9.59 Å². The van der Waals surface area contributed by atoms with Crippen molar-refractivity contribution in [3.63, 3.8) is 0 Å². The molecular weight excluding hydrogens is 232 g/mol. The first-order chi connectivity index (χ1) is 8.56. The van der Waals surface area contributed by atoms with Crippen molar-refractivity contribution >= 4 is 11.8 Å². The molecule has 0 spiro atoms. The van der Waals surface area contributed by atoms with Crippen LogP contribution in [0.2, 0.25) is 0 Å². The molecule has 2 amide bonds. The zero-order chi connectivity index (χ0) is 13.1. The Bertz CT molecular complexity index is 330. The van der Waals surface area contributed by atoms with E-state index in [1.807, 2.05) is 0 Å². The minimum atomic E-state index is -0.489. The molecule has 2 rings (SSSR count). The third-order valence-corrected chi connectivity index (χ3v) is 3.65. The zero-order valence-corrected chi connectivity index (χ0v) is 10.5. The van der Waals surface area contributed by atoms with Crippen molar-refractivity contribution in [2.75, 3.05) is 6.54 Å². The minimum Gasteiger partial charge on any atom is -0.356 e. The Balaban J connectivity index is 1.70. The van der Waals surface area contributed by atoms with E-state index in [1.165, 1.54) is 12.8 Å². The number of carbonyl (C=O) groups excluding carboxylic acids is 2. The van der Waals surface area contributed by atoms with Crippen LogP contribution in [0.3, 0.4) is 0 Å². The minimum absolute atomic E-state index is 0.0296.